The highest BCUT2D eigenvalue weighted by atomic mass is 35.5. The van der Waals surface area contributed by atoms with Gasteiger partial charge in [0.15, 0.2) is 0 Å². The zero-order valence-electron chi connectivity index (χ0n) is 7.01. The van der Waals surface area contributed by atoms with Gasteiger partial charge in [-0.1, -0.05) is 19.2 Å². The van der Waals surface area contributed by atoms with Crippen LogP contribution in [0.25, 0.3) is 12.2 Å². The summed E-state index contributed by atoms with van der Waals surface area (Å²) in [6, 6.07) is 0. The van der Waals surface area contributed by atoms with E-state index in [0.29, 0.717) is 17.1 Å². The van der Waals surface area contributed by atoms with Crippen molar-refractivity contribution in [2.75, 3.05) is 0 Å². The van der Waals surface area contributed by atoms with Crippen molar-refractivity contribution < 1.29 is 0 Å². The van der Waals surface area contributed by atoms with E-state index in [4.69, 9.17) is 11.6 Å². The van der Waals surface area contributed by atoms with Crippen molar-refractivity contribution in [3.8, 4) is 0 Å². The lowest BCUT2D eigenvalue weighted by molar-refractivity contribution is 0.984. The van der Waals surface area contributed by atoms with Crippen LogP contribution in [0.3, 0.4) is 0 Å². The molecule has 0 unspecified atom stereocenters. The lowest BCUT2D eigenvalue weighted by atomic mass is 10.2. The molecular formula is C9H9ClN2O. The number of aromatic amines is 1. The molecule has 1 heterocycles. The van der Waals surface area contributed by atoms with Gasteiger partial charge in [0.2, 0.25) is 0 Å². The van der Waals surface area contributed by atoms with E-state index in [-0.39, 0.29) is 11.4 Å². The third-order valence-corrected chi connectivity index (χ3v) is 1.81. The van der Waals surface area contributed by atoms with E-state index in [2.05, 4.69) is 23.1 Å². The quantitative estimate of drug-likeness (QED) is 0.750. The van der Waals surface area contributed by atoms with Gasteiger partial charge < -0.3 is 4.98 Å². The Kier molecular flexibility index (Phi) is 3.03. The molecule has 1 rings (SSSR count). The molecule has 0 spiro atoms. The Morgan fingerprint density at radius 2 is 2.15 bits per heavy atom. The van der Waals surface area contributed by atoms with Crippen LogP contribution < -0.4 is 5.56 Å². The van der Waals surface area contributed by atoms with Gasteiger partial charge in [-0.25, -0.2) is 4.98 Å². The molecule has 0 saturated carbocycles. The van der Waals surface area contributed by atoms with Gasteiger partial charge in [-0.15, -0.1) is 11.6 Å². The van der Waals surface area contributed by atoms with Crippen LogP contribution in [-0.4, -0.2) is 9.97 Å². The van der Waals surface area contributed by atoms with E-state index in [9.17, 15) is 4.79 Å². The SMILES string of the molecule is C=Cc1nc(CCl)[nH]c(=O)c1C=C. The van der Waals surface area contributed by atoms with E-state index in [0.717, 1.165) is 0 Å². The van der Waals surface area contributed by atoms with Crippen LogP contribution in [0.1, 0.15) is 17.1 Å². The second kappa shape index (κ2) is 4.05. The first kappa shape index (κ1) is 9.74. The molecule has 0 atom stereocenters. The summed E-state index contributed by atoms with van der Waals surface area (Å²) >= 11 is 5.53. The standard InChI is InChI=1S/C9H9ClN2O/c1-3-6-7(4-2)11-8(5-10)12-9(6)13/h3-4H,1-2,5H2,(H,11,12,13). The van der Waals surface area contributed by atoms with E-state index < -0.39 is 0 Å². The van der Waals surface area contributed by atoms with Crippen molar-refractivity contribution in [3.05, 3.63) is 40.6 Å². The van der Waals surface area contributed by atoms with Crippen LogP contribution in [0.15, 0.2) is 18.0 Å². The molecule has 0 aromatic carbocycles. The minimum Gasteiger partial charge on any atom is -0.309 e. The largest absolute Gasteiger partial charge is 0.309 e. The second-order valence-electron chi connectivity index (χ2n) is 2.35. The Morgan fingerprint density at radius 3 is 2.62 bits per heavy atom. The molecule has 1 aromatic rings. The van der Waals surface area contributed by atoms with Gasteiger partial charge in [0.1, 0.15) is 5.82 Å². The zero-order chi connectivity index (χ0) is 9.84. The fourth-order valence-electron chi connectivity index (χ4n) is 0.964. The molecule has 0 saturated heterocycles. The monoisotopic (exact) mass is 196 g/mol. The van der Waals surface area contributed by atoms with E-state index >= 15 is 0 Å². The van der Waals surface area contributed by atoms with Crippen molar-refractivity contribution >= 4 is 23.8 Å². The third kappa shape index (κ3) is 1.87. The fraction of sp³-hybridized carbons (Fsp3) is 0.111. The molecule has 13 heavy (non-hydrogen) atoms. The predicted molar refractivity (Wildman–Crippen MR) is 54.6 cm³/mol. The molecule has 3 nitrogen and oxygen atoms in total. The molecule has 0 radical (unpaired) electrons. The molecule has 68 valence electrons. The number of H-pyrrole nitrogens is 1. The molecule has 1 N–H and O–H groups in total. The van der Waals surface area contributed by atoms with Crippen molar-refractivity contribution in [3.63, 3.8) is 0 Å². The van der Waals surface area contributed by atoms with Gasteiger partial charge in [-0.2, -0.15) is 0 Å². The van der Waals surface area contributed by atoms with E-state index in [1.54, 1.807) is 0 Å². The van der Waals surface area contributed by atoms with Gasteiger partial charge in [-0.05, 0) is 6.08 Å². The lowest BCUT2D eigenvalue weighted by Crippen LogP contribution is -2.15. The first-order valence-electron chi connectivity index (χ1n) is 3.67. The Hall–Kier alpha value is -1.35. The molecule has 0 amide bonds. The topological polar surface area (TPSA) is 45.8 Å². The molecule has 0 aliphatic heterocycles. The summed E-state index contributed by atoms with van der Waals surface area (Å²) in [6.07, 6.45) is 2.95. The number of nitrogens with one attached hydrogen (secondary N) is 1. The number of halogens is 1. The highest BCUT2D eigenvalue weighted by Gasteiger charge is 2.04. The first-order valence-corrected chi connectivity index (χ1v) is 4.20. The maximum absolute atomic E-state index is 11.3. The number of nitrogens with zero attached hydrogens (tertiary/aromatic N) is 1. The van der Waals surface area contributed by atoms with Gasteiger partial charge in [0.05, 0.1) is 17.1 Å². The second-order valence-corrected chi connectivity index (χ2v) is 2.62. The molecule has 0 aliphatic rings. The number of alkyl halides is 1. The highest BCUT2D eigenvalue weighted by Crippen LogP contribution is 2.04. The minimum atomic E-state index is -0.240. The molecular weight excluding hydrogens is 188 g/mol. The number of hydrogen-bond donors (Lipinski definition) is 1. The predicted octanol–water partition coefficient (Wildman–Crippen LogP) is 1.79. The Morgan fingerprint density at radius 1 is 1.46 bits per heavy atom. The number of hydrogen-bond acceptors (Lipinski definition) is 2. The number of rotatable bonds is 3. The van der Waals surface area contributed by atoms with Crippen molar-refractivity contribution in [1.82, 2.24) is 9.97 Å². The summed E-state index contributed by atoms with van der Waals surface area (Å²) in [5.41, 5.74) is 0.689. The van der Waals surface area contributed by atoms with Crippen LogP contribution >= 0.6 is 11.6 Å². The first-order chi connectivity index (χ1) is 6.22. The van der Waals surface area contributed by atoms with Gasteiger partial charge in [-0.3, -0.25) is 4.79 Å². The lowest BCUT2D eigenvalue weighted by Gasteiger charge is -2.00. The summed E-state index contributed by atoms with van der Waals surface area (Å²) in [5, 5.41) is 0. The van der Waals surface area contributed by atoms with Gasteiger partial charge in [0, 0.05) is 0 Å². The van der Waals surface area contributed by atoms with Crippen molar-refractivity contribution in [2.24, 2.45) is 0 Å². The van der Waals surface area contributed by atoms with E-state index in [1.165, 1.54) is 12.2 Å². The highest BCUT2D eigenvalue weighted by molar-refractivity contribution is 6.16. The summed E-state index contributed by atoms with van der Waals surface area (Å²) in [7, 11) is 0. The third-order valence-electron chi connectivity index (χ3n) is 1.56. The van der Waals surface area contributed by atoms with Crippen LogP contribution in [-0.2, 0) is 5.88 Å². The zero-order valence-corrected chi connectivity index (χ0v) is 7.77. The molecule has 0 aliphatic carbocycles. The summed E-state index contributed by atoms with van der Waals surface area (Å²) in [4.78, 5) is 17.9. The van der Waals surface area contributed by atoms with E-state index in [1.807, 2.05) is 0 Å². The van der Waals surface area contributed by atoms with Crippen LogP contribution in [0, 0.1) is 0 Å². The Balaban J connectivity index is 3.46. The molecule has 4 heteroatoms. The normalized spacial score (nSPS) is 9.62. The van der Waals surface area contributed by atoms with Crippen molar-refractivity contribution in [1.29, 1.82) is 0 Å². The van der Waals surface area contributed by atoms with Crippen LogP contribution in [0.5, 0.6) is 0 Å². The minimum absolute atomic E-state index is 0.174. The maximum atomic E-state index is 11.3. The summed E-state index contributed by atoms with van der Waals surface area (Å²) in [6.45, 7) is 7.07. The average molecular weight is 197 g/mol. The maximum Gasteiger partial charge on any atom is 0.258 e. The Bertz CT molecular complexity index is 395. The summed E-state index contributed by atoms with van der Waals surface area (Å²) < 4.78 is 0. The molecule has 0 fully saturated rings. The smallest absolute Gasteiger partial charge is 0.258 e. The fourth-order valence-corrected chi connectivity index (χ4v) is 1.09. The van der Waals surface area contributed by atoms with Crippen LogP contribution in [0.2, 0.25) is 0 Å². The van der Waals surface area contributed by atoms with Crippen LogP contribution in [0.4, 0.5) is 0 Å². The van der Waals surface area contributed by atoms with Gasteiger partial charge >= 0.3 is 0 Å². The molecule has 1 aromatic heterocycles. The summed E-state index contributed by atoms with van der Waals surface area (Å²) in [5.74, 6) is 0.611. The Labute approximate surface area is 80.8 Å². The van der Waals surface area contributed by atoms with Crippen molar-refractivity contribution in [2.45, 2.75) is 5.88 Å². The van der Waals surface area contributed by atoms with Gasteiger partial charge in [0.25, 0.3) is 5.56 Å². The number of aromatic nitrogens is 2. The average Bonchev–Trinajstić information content (AvgIpc) is 2.16. The molecule has 0 bridgehead atoms.